The molecule has 1 saturated carbocycles. The fraction of sp³-hybridized carbons (Fsp3) is 0.263. The highest BCUT2D eigenvalue weighted by Gasteiger charge is 2.29. The molecule has 0 saturated heterocycles. The molecule has 0 atom stereocenters. The van der Waals surface area contributed by atoms with Gasteiger partial charge in [0, 0.05) is 17.3 Å². The first-order valence-electron chi connectivity index (χ1n) is 8.09. The molecule has 0 heterocycles. The van der Waals surface area contributed by atoms with E-state index in [2.05, 4.69) is 10.6 Å². The largest absolute Gasteiger partial charge is 0.493 e. The third-order valence-electron chi connectivity index (χ3n) is 3.70. The molecule has 0 radical (unpaired) electrons. The van der Waals surface area contributed by atoms with Crippen molar-refractivity contribution in [1.82, 2.24) is 0 Å². The predicted octanol–water partition coefficient (Wildman–Crippen LogP) is 3.44. The van der Waals surface area contributed by atoms with Gasteiger partial charge in [0.25, 0.3) is 0 Å². The number of carbonyl (C=O) groups is 2. The van der Waals surface area contributed by atoms with Crippen molar-refractivity contribution in [2.45, 2.75) is 19.3 Å². The molecule has 1 fully saturated rings. The van der Waals surface area contributed by atoms with Gasteiger partial charge < -0.3 is 15.4 Å². The summed E-state index contributed by atoms with van der Waals surface area (Å²) in [4.78, 5) is 23.7. The lowest BCUT2D eigenvalue weighted by molar-refractivity contribution is -0.117. The van der Waals surface area contributed by atoms with Gasteiger partial charge in [-0.1, -0.05) is 24.3 Å². The number of benzene rings is 2. The molecule has 1 aliphatic carbocycles. The van der Waals surface area contributed by atoms with E-state index in [1.165, 1.54) is 0 Å². The zero-order chi connectivity index (χ0) is 16.8. The van der Waals surface area contributed by atoms with Gasteiger partial charge in [-0.05, 0) is 43.2 Å². The standard InChI is InChI=1S/C19H20N2O3/c22-18(11-12-24-17-7-2-1-3-8-17)20-15-5-4-6-16(13-15)21-19(23)14-9-10-14/h1-8,13-14H,9-12H2,(H,20,22)(H,21,23). The van der Waals surface area contributed by atoms with E-state index in [1.54, 1.807) is 18.2 Å². The Morgan fingerprint density at radius 2 is 1.67 bits per heavy atom. The van der Waals surface area contributed by atoms with Crippen LogP contribution in [0, 0.1) is 5.92 Å². The van der Waals surface area contributed by atoms with Crippen LogP contribution in [0.2, 0.25) is 0 Å². The Kier molecular flexibility index (Phi) is 5.11. The van der Waals surface area contributed by atoms with Crippen molar-refractivity contribution in [3.05, 3.63) is 54.6 Å². The Balaban J connectivity index is 1.46. The molecule has 3 rings (SSSR count). The topological polar surface area (TPSA) is 67.4 Å². The van der Waals surface area contributed by atoms with Crippen molar-refractivity contribution in [2.24, 2.45) is 5.92 Å². The Hall–Kier alpha value is -2.82. The smallest absolute Gasteiger partial charge is 0.227 e. The first kappa shape index (κ1) is 16.1. The summed E-state index contributed by atoms with van der Waals surface area (Å²) in [6.45, 7) is 0.313. The van der Waals surface area contributed by atoms with Crippen LogP contribution in [0.25, 0.3) is 0 Å². The molecule has 0 bridgehead atoms. The molecule has 5 heteroatoms. The summed E-state index contributed by atoms with van der Waals surface area (Å²) < 4.78 is 5.51. The molecular formula is C19H20N2O3. The second-order valence-electron chi connectivity index (χ2n) is 5.80. The van der Waals surface area contributed by atoms with E-state index in [4.69, 9.17) is 4.74 Å². The van der Waals surface area contributed by atoms with Crippen LogP contribution in [0.5, 0.6) is 5.75 Å². The van der Waals surface area contributed by atoms with Crippen LogP contribution in [0.1, 0.15) is 19.3 Å². The van der Waals surface area contributed by atoms with Gasteiger partial charge in [-0.15, -0.1) is 0 Å². The second-order valence-corrected chi connectivity index (χ2v) is 5.80. The molecular weight excluding hydrogens is 304 g/mol. The Bertz CT molecular complexity index is 712. The Labute approximate surface area is 141 Å². The van der Waals surface area contributed by atoms with Gasteiger partial charge in [0.15, 0.2) is 0 Å². The number of rotatable bonds is 7. The number of nitrogens with one attached hydrogen (secondary N) is 2. The molecule has 0 unspecified atom stereocenters. The van der Waals surface area contributed by atoms with Gasteiger partial charge in [0.05, 0.1) is 13.0 Å². The first-order chi connectivity index (χ1) is 11.7. The Morgan fingerprint density at radius 3 is 2.38 bits per heavy atom. The lowest BCUT2D eigenvalue weighted by atomic mass is 10.2. The van der Waals surface area contributed by atoms with E-state index in [9.17, 15) is 9.59 Å². The van der Waals surface area contributed by atoms with Gasteiger partial charge in [0.1, 0.15) is 5.75 Å². The molecule has 2 aromatic rings. The van der Waals surface area contributed by atoms with Gasteiger partial charge in [0.2, 0.25) is 11.8 Å². The molecule has 0 aromatic heterocycles. The van der Waals surface area contributed by atoms with Crippen molar-refractivity contribution in [1.29, 1.82) is 0 Å². The molecule has 0 spiro atoms. The zero-order valence-corrected chi connectivity index (χ0v) is 13.3. The molecule has 2 N–H and O–H groups in total. The lowest BCUT2D eigenvalue weighted by Gasteiger charge is -2.09. The maximum absolute atomic E-state index is 12.0. The summed E-state index contributed by atoms with van der Waals surface area (Å²) in [6.07, 6.45) is 2.18. The van der Waals surface area contributed by atoms with Gasteiger partial charge in [-0.25, -0.2) is 0 Å². The highest BCUT2D eigenvalue weighted by molar-refractivity contribution is 5.95. The lowest BCUT2D eigenvalue weighted by Crippen LogP contribution is -2.16. The number of ether oxygens (including phenoxy) is 1. The number of amides is 2. The van der Waals surface area contributed by atoms with Crippen LogP contribution < -0.4 is 15.4 Å². The highest BCUT2D eigenvalue weighted by Crippen LogP contribution is 2.30. The predicted molar refractivity (Wildman–Crippen MR) is 93.0 cm³/mol. The quantitative estimate of drug-likeness (QED) is 0.820. The van der Waals surface area contributed by atoms with Crippen LogP contribution in [0.15, 0.2) is 54.6 Å². The van der Waals surface area contributed by atoms with E-state index >= 15 is 0 Å². The maximum atomic E-state index is 12.0. The summed E-state index contributed by atoms with van der Waals surface area (Å²) in [5, 5.41) is 5.68. The normalized spacial score (nSPS) is 13.2. The van der Waals surface area contributed by atoms with E-state index in [-0.39, 0.29) is 24.2 Å². The number of para-hydroxylation sites is 1. The third-order valence-corrected chi connectivity index (χ3v) is 3.70. The van der Waals surface area contributed by atoms with Crippen molar-refractivity contribution in [3.8, 4) is 5.75 Å². The average molecular weight is 324 g/mol. The first-order valence-corrected chi connectivity index (χ1v) is 8.09. The van der Waals surface area contributed by atoms with Gasteiger partial charge >= 0.3 is 0 Å². The Morgan fingerprint density at radius 1 is 0.958 bits per heavy atom. The van der Waals surface area contributed by atoms with Crippen LogP contribution in [-0.2, 0) is 9.59 Å². The third kappa shape index (κ3) is 4.84. The molecule has 2 aromatic carbocycles. The van der Waals surface area contributed by atoms with Crippen molar-refractivity contribution >= 4 is 23.2 Å². The summed E-state index contributed by atoms with van der Waals surface area (Å²) in [6, 6.07) is 16.6. The summed E-state index contributed by atoms with van der Waals surface area (Å²) in [7, 11) is 0. The number of hydrogen-bond donors (Lipinski definition) is 2. The van der Waals surface area contributed by atoms with Crippen LogP contribution >= 0.6 is 0 Å². The van der Waals surface area contributed by atoms with E-state index in [0.717, 1.165) is 18.6 Å². The number of anilines is 2. The fourth-order valence-electron chi connectivity index (χ4n) is 2.27. The summed E-state index contributed by atoms with van der Waals surface area (Å²) >= 11 is 0. The SMILES string of the molecule is O=C(CCOc1ccccc1)Nc1cccc(NC(=O)C2CC2)c1. The monoisotopic (exact) mass is 324 g/mol. The van der Waals surface area contributed by atoms with Crippen molar-refractivity contribution < 1.29 is 14.3 Å². The summed E-state index contributed by atoms with van der Waals surface area (Å²) in [5.41, 5.74) is 1.36. The fourth-order valence-corrected chi connectivity index (χ4v) is 2.27. The molecule has 124 valence electrons. The van der Waals surface area contributed by atoms with E-state index < -0.39 is 0 Å². The van der Waals surface area contributed by atoms with E-state index in [0.29, 0.717) is 18.0 Å². The van der Waals surface area contributed by atoms with Gasteiger partial charge in [-0.2, -0.15) is 0 Å². The minimum absolute atomic E-state index is 0.0507. The van der Waals surface area contributed by atoms with Crippen LogP contribution in [0.3, 0.4) is 0 Å². The maximum Gasteiger partial charge on any atom is 0.227 e. The highest BCUT2D eigenvalue weighted by atomic mass is 16.5. The zero-order valence-electron chi connectivity index (χ0n) is 13.3. The second kappa shape index (κ2) is 7.64. The van der Waals surface area contributed by atoms with Crippen LogP contribution in [0.4, 0.5) is 11.4 Å². The number of hydrogen-bond acceptors (Lipinski definition) is 3. The molecule has 0 aliphatic heterocycles. The minimum Gasteiger partial charge on any atom is -0.493 e. The molecule has 1 aliphatic rings. The number of carbonyl (C=O) groups excluding carboxylic acids is 2. The van der Waals surface area contributed by atoms with Gasteiger partial charge in [-0.3, -0.25) is 9.59 Å². The minimum atomic E-state index is -0.128. The van der Waals surface area contributed by atoms with Crippen molar-refractivity contribution in [3.63, 3.8) is 0 Å². The van der Waals surface area contributed by atoms with Crippen molar-refractivity contribution in [2.75, 3.05) is 17.2 Å². The van der Waals surface area contributed by atoms with E-state index in [1.807, 2.05) is 36.4 Å². The average Bonchev–Trinajstić information content (AvgIpc) is 3.41. The molecule has 5 nitrogen and oxygen atoms in total. The molecule has 2 amide bonds. The summed E-state index contributed by atoms with van der Waals surface area (Å²) in [5.74, 6) is 0.819. The molecule has 24 heavy (non-hydrogen) atoms. The van der Waals surface area contributed by atoms with Crippen LogP contribution in [-0.4, -0.2) is 18.4 Å².